The van der Waals surface area contributed by atoms with Gasteiger partial charge in [-0.05, 0) is 42.5 Å². The van der Waals surface area contributed by atoms with E-state index in [0.717, 1.165) is 4.90 Å². The highest BCUT2D eigenvalue weighted by atomic mass is 35.5. The first-order valence-corrected chi connectivity index (χ1v) is 10.3. The maximum Gasteiger partial charge on any atom is 0.338 e. The molecule has 0 spiro atoms. The number of esters is 1. The molecule has 34 heavy (non-hydrogen) atoms. The average Bonchev–Trinajstić information content (AvgIpc) is 3.44. The molecular weight excluding hydrogens is 466 g/mol. The lowest BCUT2D eigenvalue weighted by Crippen LogP contribution is -2.43. The number of carbonyl (C=O) groups excluding carboxylic acids is 5. The second-order valence-corrected chi connectivity index (χ2v) is 7.50. The summed E-state index contributed by atoms with van der Waals surface area (Å²) in [5.74, 6) is -2.99. The van der Waals surface area contributed by atoms with Gasteiger partial charge in [0.05, 0.1) is 40.1 Å². The van der Waals surface area contributed by atoms with Gasteiger partial charge < -0.3 is 9.15 Å². The highest BCUT2D eigenvalue weighted by molar-refractivity contribution is 6.33. The quantitative estimate of drug-likeness (QED) is 0.313. The molecule has 4 rings (SSSR count). The molecule has 4 amide bonds. The fraction of sp³-hybridized carbons (Fsp3) is 0.0870. The van der Waals surface area contributed by atoms with Gasteiger partial charge in [-0.3, -0.25) is 34.9 Å². The molecule has 0 saturated heterocycles. The van der Waals surface area contributed by atoms with Gasteiger partial charge in [0.15, 0.2) is 6.61 Å². The topological polar surface area (TPSA) is 135 Å². The summed E-state index contributed by atoms with van der Waals surface area (Å²) in [5.41, 5.74) is 4.59. The molecule has 2 N–H and O–H groups in total. The van der Waals surface area contributed by atoms with Gasteiger partial charge in [-0.15, -0.1) is 0 Å². The number of imide groups is 1. The van der Waals surface area contributed by atoms with Crippen LogP contribution in [-0.4, -0.2) is 41.1 Å². The number of carbonyl (C=O) groups is 5. The summed E-state index contributed by atoms with van der Waals surface area (Å²) in [4.78, 5) is 62.5. The Morgan fingerprint density at radius 2 is 1.71 bits per heavy atom. The van der Waals surface area contributed by atoms with Crippen LogP contribution in [0.25, 0.3) is 0 Å². The maximum absolute atomic E-state index is 12.7. The van der Waals surface area contributed by atoms with E-state index in [1.807, 2.05) is 0 Å². The molecule has 0 saturated carbocycles. The van der Waals surface area contributed by atoms with Crippen molar-refractivity contribution in [3.8, 4) is 0 Å². The Morgan fingerprint density at radius 3 is 2.44 bits per heavy atom. The summed E-state index contributed by atoms with van der Waals surface area (Å²) in [5, 5.41) is 0.202. The Hall–Kier alpha value is -4.44. The summed E-state index contributed by atoms with van der Waals surface area (Å²) < 4.78 is 10.1. The standard InChI is InChI=1S/C23H16ClN3O7/c24-18-6-2-1-5-16(18)20(29)26-25-19(28)12-34-23(32)13-7-8-15-17(10-13)22(31)27(21(15)30)11-14-4-3-9-33-14/h1-10H,11-12H2,(H,25,28)(H,26,29). The summed E-state index contributed by atoms with van der Waals surface area (Å²) in [6, 6.07) is 13.4. The van der Waals surface area contributed by atoms with Crippen LogP contribution < -0.4 is 10.9 Å². The van der Waals surface area contributed by atoms with Crippen LogP contribution in [0.3, 0.4) is 0 Å². The van der Waals surface area contributed by atoms with E-state index >= 15 is 0 Å². The zero-order chi connectivity index (χ0) is 24.2. The molecule has 172 valence electrons. The second kappa shape index (κ2) is 9.59. The molecule has 1 aliphatic rings. The Morgan fingerprint density at radius 1 is 0.941 bits per heavy atom. The van der Waals surface area contributed by atoms with Gasteiger partial charge in [0.25, 0.3) is 23.6 Å². The number of fused-ring (bicyclic) bond motifs is 1. The van der Waals surface area contributed by atoms with Crippen molar-refractivity contribution in [1.82, 2.24) is 15.8 Å². The average molecular weight is 482 g/mol. The number of amides is 4. The van der Waals surface area contributed by atoms with Gasteiger partial charge in [-0.1, -0.05) is 23.7 Å². The molecule has 0 fully saturated rings. The van der Waals surface area contributed by atoms with Crippen LogP contribution in [0.1, 0.15) is 47.2 Å². The Kier molecular flexibility index (Phi) is 6.42. The molecule has 0 bridgehead atoms. The van der Waals surface area contributed by atoms with Crippen LogP contribution >= 0.6 is 11.6 Å². The van der Waals surface area contributed by atoms with Crippen molar-refractivity contribution in [2.24, 2.45) is 0 Å². The number of nitrogens with one attached hydrogen (secondary N) is 2. The van der Waals surface area contributed by atoms with Crippen molar-refractivity contribution >= 4 is 41.2 Å². The van der Waals surface area contributed by atoms with Crippen LogP contribution in [0, 0.1) is 0 Å². The number of ether oxygens (including phenoxy) is 1. The minimum absolute atomic E-state index is 0.0207. The largest absolute Gasteiger partial charge is 0.467 e. The third kappa shape index (κ3) is 4.66. The molecule has 11 heteroatoms. The molecule has 3 aromatic rings. The lowest BCUT2D eigenvalue weighted by Gasteiger charge is -2.11. The number of nitrogens with zero attached hydrogens (tertiary/aromatic N) is 1. The van der Waals surface area contributed by atoms with Crippen LogP contribution in [-0.2, 0) is 16.1 Å². The zero-order valence-corrected chi connectivity index (χ0v) is 18.1. The third-order valence-corrected chi connectivity index (χ3v) is 5.20. The lowest BCUT2D eigenvalue weighted by molar-refractivity contribution is -0.125. The van der Waals surface area contributed by atoms with Gasteiger partial charge in [0, 0.05) is 0 Å². The first kappa shape index (κ1) is 22.7. The molecule has 0 atom stereocenters. The van der Waals surface area contributed by atoms with Crippen molar-refractivity contribution in [3.63, 3.8) is 0 Å². The summed E-state index contributed by atoms with van der Waals surface area (Å²) >= 11 is 5.91. The fourth-order valence-electron chi connectivity index (χ4n) is 3.21. The van der Waals surface area contributed by atoms with Gasteiger partial charge in [-0.25, -0.2) is 4.79 Å². The smallest absolute Gasteiger partial charge is 0.338 e. The van der Waals surface area contributed by atoms with Crippen molar-refractivity contribution in [2.45, 2.75) is 6.54 Å². The van der Waals surface area contributed by atoms with E-state index in [-0.39, 0.29) is 33.8 Å². The molecule has 1 aliphatic heterocycles. The monoisotopic (exact) mass is 481 g/mol. The van der Waals surface area contributed by atoms with Crippen molar-refractivity contribution < 1.29 is 33.1 Å². The summed E-state index contributed by atoms with van der Waals surface area (Å²) in [6.07, 6.45) is 1.43. The number of hydrazine groups is 1. The molecule has 2 aromatic carbocycles. The predicted octanol–water partition coefficient (Wildman–Crippen LogP) is 2.35. The Balaban J connectivity index is 1.33. The first-order chi connectivity index (χ1) is 16.3. The zero-order valence-electron chi connectivity index (χ0n) is 17.4. The van der Waals surface area contributed by atoms with Crippen LogP contribution in [0.5, 0.6) is 0 Å². The molecule has 0 unspecified atom stereocenters. The highest BCUT2D eigenvalue weighted by Gasteiger charge is 2.36. The summed E-state index contributed by atoms with van der Waals surface area (Å²) in [7, 11) is 0. The minimum atomic E-state index is -0.889. The predicted molar refractivity (Wildman–Crippen MR) is 117 cm³/mol. The number of hydrogen-bond acceptors (Lipinski definition) is 7. The molecule has 0 radical (unpaired) electrons. The number of benzene rings is 2. The van der Waals surface area contributed by atoms with E-state index in [1.54, 1.807) is 24.3 Å². The van der Waals surface area contributed by atoms with E-state index in [1.165, 1.54) is 36.6 Å². The molecule has 10 nitrogen and oxygen atoms in total. The fourth-order valence-corrected chi connectivity index (χ4v) is 3.43. The van der Waals surface area contributed by atoms with Crippen LogP contribution in [0.15, 0.2) is 65.3 Å². The van der Waals surface area contributed by atoms with Gasteiger partial charge in [0.1, 0.15) is 5.76 Å². The van der Waals surface area contributed by atoms with Crippen LogP contribution in [0.2, 0.25) is 5.02 Å². The third-order valence-electron chi connectivity index (χ3n) is 4.87. The summed E-state index contributed by atoms with van der Waals surface area (Å²) in [6.45, 7) is -0.741. The Bertz CT molecular complexity index is 1300. The molecule has 0 aliphatic carbocycles. The van der Waals surface area contributed by atoms with Gasteiger partial charge >= 0.3 is 5.97 Å². The van der Waals surface area contributed by atoms with Crippen molar-refractivity contribution in [2.75, 3.05) is 6.61 Å². The second-order valence-electron chi connectivity index (χ2n) is 7.09. The van der Waals surface area contributed by atoms with Gasteiger partial charge in [0.2, 0.25) is 0 Å². The normalized spacial score (nSPS) is 12.3. The number of rotatable bonds is 6. The van der Waals surface area contributed by atoms with E-state index in [4.69, 9.17) is 20.8 Å². The SMILES string of the molecule is O=C(COC(=O)c1ccc2c(c1)C(=O)N(Cc1ccco1)C2=O)NNC(=O)c1ccccc1Cl. The van der Waals surface area contributed by atoms with E-state index < -0.39 is 36.2 Å². The molecule has 2 heterocycles. The van der Waals surface area contributed by atoms with E-state index in [9.17, 15) is 24.0 Å². The number of furan rings is 1. The van der Waals surface area contributed by atoms with E-state index in [0.29, 0.717) is 5.76 Å². The first-order valence-electron chi connectivity index (χ1n) is 9.88. The molecular formula is C23H16ClN3O7. The van der Waals surface area contributed by atoms with Gasteiger partial charge in [-0.2, -0.15) is 0 Å². The lowest BCUT2D eigenvalue weighted by atomic mass is 10.1. The van der Waals surface area contributed by atoms with Crippen molar-refractivity contribution in [1.29, 1.82) is 0 Å². The van der Waals surface area contributed by atoms with Crippen molar-refractivity contribution in [3.05, 3.63) is 93.9 Å². The number of halogens is 1. The minimum Gasteiger partial charge on any atom is -0.467 e. The molecule has 1 aromatic heterocycles. The maximum atomic E-state index is 12.7. The highest BCUT2D eigenvalue weighted by Crippen LogP contribution is 2.26. The van der Waals surface area contributed by atoms with Crippen LogP contribution in [0.4, 0.5) is 0 Å². The van der Waals surface area contributed by atoms with E-state index in [2.05, 4.69) is 10.9 Å². The number of hydrogen-bond donors (Lipinski definition) is 2. The Labute approximate surface area is 197 Å².